The molecule has 0 N–H and O–H groups in total. The van der Waals surface area contributed by atoms with Crippen molar-refractivity contribution >= 4 is 0 Å². The zero-order chi connectivity index (χ0) is 8.10. The molecule has 0 bridgehead atoms. The fourth-order valence-corrected chi connectivity index (χ4v) is 0.633. The van der Waals surface area contributed by atoms with E-state index in [2.05, 4.69) is 11.8 Å². The molecule has 0 aliphatic rings. The van der Waals surface area contributed by atoms with E-state index in [1.807, 2.05) is 0 Å². The number of rotatable bonds is 0. The monoisotopic (exact) mass is 145 g/mol. The molecule has 0 saturated heterocycles. The third-order valence-electron chi connectivity index (χ3n) is 1.11. The average Bonchev–Trinajstić information content (AvgIpc) is 2.04. The molecule has 0 aliphatic carbocycles. The summed E-state index contributed by atoms with van der Waals surface area (Å²) in [4.78, 5) is 0. The standard InChI is InChI=1S/C9H4FN/c10-9-5-3-8(4-6-9)2-1-7-11/h3-6H. The molecule has 0 atom stereocenters. The number of halogens is 1. The van der Waals surface area contributed by atoms with Gasteiger partial charge in [0.15, 0.2) is 6.07 Å². The van der Waals surface area contributed by atoms with Crippen molar-refractivity contribution in [1.82, 2.24) is 0 Å². The van der Waals surface area contributed by atoms with Gasteiger partial charge in [-0.3, -0.25) is 0 Å². The van der Waals surface area contributed by atoms with Gasteiger partial charge in [0, 0.05) is 11.5 Å². The second-order valence-electron chi connectivity index (χ2n) is 1.87. The van der Waals surface area contributed by atoms with E-state index in [0.29, 0.717) is 5.56 Å². The number of nitrogens with zero attached hydrogens (tertiary/aromatic N) is 1. The van der Waals surface area contributed by atoms with E-state index in [1.165, 1.54) is 24.3 Å². The molecule has 0 amide bonds. The van der Waals surface area contributed by atoms with Crippen molar-refractivity contribution in [3.8, 4) is 17.9 Å². The first-order valence-corrected chi connectivity index (χ1v) is 2.98. The molecule has 52 valence electrons. The number of hydrogen-bond donors (Lipinski definition) is 0. The summed E-state index contributed by atoms with van der Waals surface area (Å²) in [6.45, 7) is 0. The molecule has 1 rings (SSSR count). The molecule has 0 radical (unpaired) electrons. The van der Waals surface area contributed by atoms with E-state index < -0.39 is 0 Å². The molecule has 0 saturated carbocycles. The second kappa shape index (κ2) is 3.39. The van der Waals surface area contributed by atoms with Gasteiger partial charge in [-0.25, -0.2) is 4.39 Å². The van der Waals surface area contributed by atoms with Crippen LogP contribution in [0.3, 0.4) is 0 Å². The topological polar surface area (TPSA) is 23.8 Å². The lowest BCUT2D eigenvalue weighted by molar-refractivity contribution is 0.627. The first kappa shape index (κ1) is 7.31. The van der Waals surface area contributed by atoms with Crippen LogP contribution in [-0.2, 0) is 0 Å². The lowest BCUT2D eigenvalue weighted by Crippen LogP contribution is -1.74. The maximum Gasteiger partial charge on any atom is 0.152 e. The quantitative estimate of drug-likeness (QED) is 0.510. The van der Waals surface area contributed by atoms with Crippen molar-refractivity contribution < 1.29 is 4.39 Å². The largest absolute Gasteiger partial charge is 0.207 e. The highest BCUT2D eigenvalue weighted by Gasteiger charge is 1.87. The first-order chi connectivity index (χ1) is 5.33. The normalized spacial score (nSPS) is 7.64. The van der Waals surface area contributed by atoms with Crippen molar-refractivity contribution in [2.75, 3.05) is 0 Å². The molecule has 0 heterocycles. The fraction of sp³-hybridized carbons (Fsp3) is 0. The highest BCUT2D eigenvalue weighted by atomic mass is 19.1. The van der Waals surface area contributed by atoms with Crippen LogP contribution < -0.4 is 0 Å². The maximum atomic E-state index is 12.3. The fourth-order valence-electron chi connectivity index (χ4n) is 0.633. The summed E-state index contributed by atoms with van der Waals surface area (Å²) in [7, 11) is 0. The van der Waals surface area contributed by atoms with Crippen LogP contribution in [0.4, 0.5) is 4.39 Å². The minimum Gasteiger partial charge on any atom is -0.207 e. The molecule has 0 aromatic heterocycles. The molecule has 0 fully saturated rings. The average molecular weight is 145 g/mol. The number of nitriles is 1. The van der Waals surface area contributed by atoms with Gasteiger partial charge >= 0.3 is 0 Å². The van der Waals surface area contributed by atoms with Gasteiger partial charge in [-0.05, 0) is 24.3 Å². The second-order valence-corrected chi connectivity index (χ2v) is 1.87. The Hall–Kier alpha value is -1.80. The molecule has 0 aliphatic heterocycles. The maximum absolute atomic E-state index is 12.3. The summed E-state index contributed by atoms with van der Waals surface area (Å²) < 4.78 is 12.3. The van der Waals surface area contributed by atoms with Crippen LogP contribution in [0.1, 0.15) is 5.56 Å². The van der Waals surface area contributed by atoms with Crippen LogP contribution in [0.15, 0.2) is 24.3 Å². The van der Waals surface area contributed by atoms with E-state index in [4.69, 9.17) is 5.26 Å². The van der Waals surface area contributed by atoms with Gasteiger partial charge in [0.1, 0.15) is 5.82 Å². The number of benzene rings is 1. The van der Waals surface area contributed by atoms with E-state index in [1.54, 1.807) is 6.07 Å². The zero-order valence-electron chi connectivity index (χ0n) is 5.63. The molecule has 1 nitrogen and oxygen atoms in total. The molecular weight excluding hydrogens is 141 g/mol. The third kappa shape index (κ3) is 2.12. The van der Waals surface area contributed by atoms with Crippen LogP contribution >= 0.6 is 0 Å². The smallest absolute Gasteiger partial charge is 0.152 e. The van der Waals surface area contributed by atoms with Gasteiger partial charge in [0.2, 0.25) is 0 Å². The minimum atomic E-state index is -0.299. The Kier molecular flexibility index (Phi) is 2.25. The Morgan fingerprint density at radius 2 is 1.82 bits per heavy atom. The number of hydrogen-bond acceptors (Lipinski definition) is 1. The molecule has 0 spiro atoms. The summed E-state index contributed by atoms with van der Waals surface area (Å²) in [5.41, 5.74) is 0.646. The van der Waals surface area contributed by atoms with Crippen molar-refractivity contribution in [3.05, 3.63) is 35.6 Å². The van der Waals surface area contributed by atoms with Crippen molar-refractivity contribution in [1.29, 1.82) is 5.26 Å². The third-order valence-corrected chi connectivity index (χ3v) is 1.11. The lowest BCUT2D eigenvalue weighted by Gasteiger charge is -1.86. The summed E-state index contributed by atoms with van der Waals surface area (Å²) in [6, 6.07) is 7.34. The van der Waals surface area contributed by atoms with Crippen molar-refractivity contribution in [2.24, 2.45) is 0 Å². The molecule has 1 aromatic rings. The SMILES string of the molecule is N#CC#Cc1ccc(F)cc1. The molecule has 0 unspecified atom stereocenters. The first-order valence-electron chi connectivity index (χ1n) is 2.98. The van der Waals surface area contributed by atoms with E-state index in [-0.39, 0.29) is 5.82 Å². The van der Waals surface area contributed by atoms with Crippen LogP contribution in [0, 0.1) is 29.0 Å². The lowest BCUT2D eigenvalue weighted by atomic mass is 10.2. The summed E-state index contributed by atoms with van der Waals surface area (Å²) in [5, 5.41) is 8.08. The highest BCUT2D eigenvalue weighted by Crippen LogP contribution is 1.99. The molecule has 2 heteroatoms. The summed E-state index contributed by atoms with van der Waals surface area (Å²) >= 11 is 0. The summed E-state index contributed by atoms with van der Waals surface area (Å²) in [5.74, 6) is 4.46. The Labute approximate surface area is 64.1 Å². The molecular formula is C9H4FN. The Bertz CT molecular complexity index is 335. The van der Waals surface area contributed by atoms with Crippen LogP contribution in [0.2, 0.25) is 0 Å². The van der Waals surface area contributed by atoms with E-state index in [0.717, 1.165) is 0 Å². The predicted octanol–water partition coefficient (Wildman–Crippen LogP) is 1.70. The summed E-state index contributed by atoms with van der Waals surface area (Å²) in [6.07, 6.45) is 0. The Balaban J connectivity index is 2.93. The molecule has 1 aromatic carbocycles. The molecule has 11 heavy (non-hydrogen) atoms. The van der Waals surface area contributed by atoms with Gasteiger partial charge in [-0.2, -0.15) is 5.26 Å². The minimum absolute atomic E-state index is 0.299. The highest BCUT2D eigenvalue weighted by molar-refractivity contribution is 5.37. The van der Waals surface area contributed by atoms with Gasteiger partial charge in [-0.15, -0.1) is 0 Å². The van der Waals surface area contributed by atoms with Crippen LogP contribution in [0.5, 0.6) is 0 Å². The van der Waals surface area contributed by atoms with E-state index >= 15 is 0 Å². The Morgan fingerprint density at radius 1 is 1.18 bits per heavy atom. The van der Waals surface area contributed by atoms with Crippen molar-refractivity contribution in [3.63, 3.8) is 0 Å². The van der Waals surface area contributed by atoms with Gasteiger partial charge in [0.25, 0.3) is 0 Å². The Morgan fingerprint density at radius 3 is 2.36 bits per heavy atom. The van der Waals surface area contributed by atoms with Crippen LogP contribution in [-0.4, -0.2) is 0 Å². The van der Waals surface area contributed by atoms with Gasteiger partial charge < -0.3 is 0 Å². The van der Waals surface area contributed by atoms with Gasteiger partial charge in [0.05, 0.1) is 0 Å². The van der Waals surface area contributed by atoms with Crippen molar-refractivity contribution in [2.45, 2.75) is 0 Å². The zero-order valence-corrected chi connectivity index (χ0v) is 5.63. The van der Waals surface area contributed by atoms with E-state index in [9.17, 15) is 4.39 Å². The van der Waals surface area contributed by atoms with Crippen LogP contribution in [0.25, 0.3) is 0 Å². The van der Waals surface area contributed by atoms with Gasteiger partial charge in [-0.1, -0.05) is 5.92 Å². The predicted molar refractivity (Wildman–Crippen MR) is 38.9 cm³/mol.